The molecule has 0 fully saturated rings. The van der Waals surface area contributed by atoms with Crippen LogP contribution >= 0.6 is 22.9 Å². The summed E-state index contributed by atoms with van der Waals surface area (Å²) in [4.78, 5) is 9.19. The average Bonchev–Trinajstić information content (AvgIpc) is 2.82. The van der Waals surface area contributed by atoms with Crippen LogP contribution < -0.4 is 4.90 Å². The molecule has 0 radical (unpaired) electrons. The second-order valence-corrected chi connectivity index (χ2v) is 12.3. The van der Waals surface area contributed by atoms with Gasteiger partial charge in [0.2, 0.25) is 0 Å². The van der Waals surface area contributed by atoms with Gasteiger partial charge < -0.3 is 4.90 Å². The average molecular weight is 457 g/mol. The summed E-state index contributed by atoms with van der Waals surface area (Å²) in [5.41, 5.74) is 6.18. The van der Waals surface area contributed by atoms with Gasteiger partial charge in [-0.25, -0.2) is 0 Å². The van der Waals surface area contributed by atoms with Crippen molar-refractivity contribution in [2.45, 2.75) is 73.8 Å². The van der Waals surface area contributed by atoms with E-state index in [1.807, 2.05) is 17.4 Å². The summed E-state index contributed by atoms with van der Waals surface area (Å²) >= 11 is 8.14. The third-order valence-electron chi connectivity index (χ3n) is 6.19. The highest BCUT2D eigenvalue weighted by Crippen LogP contribution is 2.45. The molecule has 1 aliphatic heterocycles. The Balaban J connectivity index is 2.12. The maximum Gasteiger partial charge on any atom is 0.105 e. The number of anilines is 1. The van der Waals surface area contributed by atoms with Gasteiger partial charge in [0.05, 0.1) is 11.8 Å². The molecule has 1 aliphatic carbocycles. The van der Waals surface area contributed by atoms with Gasteiger partial charge in [-0.2, -0.15) is 0 Å². The predicted octanol–water partition coefficient (Wildman–Crippen LogP) is 8.35. The maximum atomic E-state index is 6.28. The minimum Gasteiger partial charge on any atom is -0.335 e. The standard InChI is InChI=1S/C27H37ClN2S/c1-17(2)30-16-22(14-18(3)15-26(6,7)8)29-24(23-19(4)20(5)31-25(23)30)27(9)12-10-21(28)11-13-27/h10-12,22H,1,3,13-16H2,2,4-9H3. The molecule has 2 heterocycles. The molecule has 4 heteroatoms. The number of fused-ring (bicyclic) bond motifs is 1. The van der Waals surface area contributed by atoms with Gasteiger partial charge in [0.15, 0.2) is 0 Å². The van der Waals surface area contributed by atoms with E-state index in [0.717, 1.165) is 36.5 Å². The Morgan fingerprint density at radius 3 is 2.55 bits per heavy atom. The van der Waals surface area contributed by atoms with E-state index in [2.05, 4.69) is 78.7 Å². The number of halogens is 1. The molecule has 3 rings (SSSR count). The molecule has 2 nitrogen and oxygen atoms in total. The largest absolute Gasteiger partial charge is 0.335 e. The number of rotatable bonds is 5. The first-order chi connectivity index (χ1) is 14.3. The van der Waals surface area contributed by atoms with E-state index in [-0.39, 0.29) is 16.9 Å². The van der Waals surface area contributed by atoms with Gasteiger partial charge in [0, 0.05) is 33.1 Å². The van der Waals surface area contributed by atoms with E-state index in [0.29, 0.717) is 0 Å². The van der Waals surface area contributed by atoms with Crippen molar-refractivity contribution in [1.82, 2.24) is 0 Å². The Morgan fingerprint density at radius 1 is 1.32 bits per heavy atom. The quantitative estimate of drug-likeness (QED) is 0.406. The van der Waals surface area contributed by atoms with Crippen LogP contribution in [0.1, 0.15) is 69.9 Å². The second-order valence-electron chi connectivity index (χ2n) is 10.7. The van der Waals surface area contributed by atoms with Gasteiger partial charge in [-0.1, -0.05) is 70.2 Å². The Kier molecular flexibility index (Phi) is 6.79. The lowest BCUT2D eigenvalue weighted by molar-refractivity contribution is 0.401. The minimum atomic E-state index is -0.180. The third kappa shape index (κ3) is 5.26. The van der Waals surface area contributed by atoms with Gasteiger partial charge in [-0.05, 0) is 57.1 Å². The molecule has 31 heavy (non-hydrogen) atoms. The normalized spacial score (nSPS) is 23.7. The molecule has 0 saturated carbocycles. The topological polar surface area (TPSA) is 15.6 Å². The molecule has 2 unspecified atom stereocenters. The van der Waals surface area contributed by atoms with Crippen LogP contribution in [0.5, 0.6) is 0 Å². The Hall–Kier alpha value is -1.58. The van der Waals surface area contributed by atoms with Crippen molar-refractivity contribution in [2.75, 3.05) is 11.4 Å². The van der Waals surface area contributed by atoms with Crippen molar-refractivity contribution in [3.05, 3.63) is 63.7 Å². The molecule has 0 amide bonds. The zero-order valence-electron chi connectivity index (χ0n) is 20.2. The number of hydrogen-bond donors (Lipinski definition) is 0. The van der Waals surface area contributed by atoms with Crippen LogP contribution in [0.4, 0.5) is 5.00 Å². The second kappa shape index (κ2) is 8.75. The molecule has 0 N–H and O–H groups in total. The molecule has 0 spiro atoms. The monoisotopic (exact) mass is 456 g/mol. The number of nitrogens with zero attached hydrogens (tertiary/aromatic N) is 2. The predicted molar refractivity (Wildman–Crippen MR) is 140 cm³/mol. The van der Waals surface area contributed by atoms with Crippen LogP contribution in [0.15, 0.2) is 52.7 Å². The van der Waals surface area contributed by atoms with Crippen molar-refractivity contribution in [3.63, 3.8) is 0 Å². The number of thiophene rings is 1. The number of allylic oxidation sites excluding steroid dienone is 5. The first kappa shape index (κ1) is 24.1. The number of aliphatic imine (C=N–C) groups is 1. The van der Waals surface area contributed by atoms with Gasteiger partial charge in [0.25, 0.3) is 0 Å². The molecule has 2 atom stereocenters. The Labute approximate surface area is 198 Å². The van der Waals surface area contributed by atoms with Gasteiger partial charge in [-0.3, -0.25) is 4.99 Å². The SMILES string of the molecule is C=C(CC1CN(C(=C)C)c2sc(C)c(C)c2C(C2(C)C=CC(Cl)=CC2)=N1)CC(C)(C)C. The van der Waals surface area contributed by atoms with Gasteiger partial charge in [0.1, 0.15) is 5.00 Å². The first-order valence-corrected chi connectivity index (χ1v) is 12.3. The van der Waals surface area contributed by atoms with Crippen molar-refractivity contribution >= 4 is 33.7 Å². The summed E-state index contributed by atoms with van der Waals surface area (Å²) in [7, 11) is 0. The molecular weight excluding hydrogens is 420 g/mol. The van der Waals surface area contributed by atoms with E-state index in [9.17, 15) is 0 Å². The first-order valence-electron chi connectivity index (χ1n) is 11.1. The molecule has 0 bridgehead atoms. The van der Waals surface area contributed by atoms with Crippen LogP contribution in [-0.2, 0) is 0 Å². The fraction of sp³-hybridized carbons (Fsp3) is 0.519. The number of hydrogen-bond acceptors (Lipinski definition) is 3. The van der Waals surface area contributed by atoms with Crippen LogP contribution in [0.25, 0.3) is 0 Å². The molecule has 0 saturated heterocycles. The Morgan fingerprint density at radius 2 is 2.00 bits per heavy atom. The molecule has 0 aromatic carbocycles. The maximum absolute atomic E-state index is 6.28. The summed E-state index contributed by atoms with van der Waals surface area (Å²) in [6, 6.07) is 0.146. The smallest absolute Gasteiger partial charge is 0.105 e. The summed E-state index contributed by atoms with van der Waals surface area (Å²) in [6.45, 7) is 25.2. The molecule has 1 aromatic heterocycles. The van der Waals surface area contributed by atoms with Crippen LogP contribution in [0.2, 0.25) is 0 Å². The molecule has 1 aromatic rings. The van der Waals surface area contributed by atoms with Crippen molar-refractivity contribution < 1.29 is 0 Å². The highest BCUT2D eigenvalue weighted by atomic mass is 35.5. The number of aryl methyl sites for hydroxylation is 1. The Bertz CT molecular complexity index is 986. The van der Waals surface area contributed by atoms with E-state index in [4.69, 9.17) is 16.6 Å². The van der Waals surface area contributed by atoms with Gasteiger partial charge >= 0.3 is 0 Å². The fourth-order valence-electron chi connectivity index (χ4n) is 4.57. The van der Waals surface area contributed by atoms with Crippen LogP contribution in [0.3, 0.4) is 0 Å². The lowest BCUT2D eigenvalue weighted by Gasteiger charge is -2.30. The summed E-state index contributed by atoms with van der Waals surface area (Å²) in [5.74, 6) is 0. The lowest BCUT2D eigenvalue weighted by Crippen LogP contribution is -2.30. The highest BCUT2D eigenvalue weighted by Gasteiger charge is 2.37. The van der Waals surface area contributed by atoms with E-state index in [1.165, 1.54) is 32.3 Å². The summed E-state index contributed by atoms with van der Waals surface area (Å²) in [5, 5.41) is 2.09. The zero-order chi connectivity index (χ0) is 23.1. The van der Waals surface area contributed by atoms with Gasteiger partial charge in [-0.15, -0.1) is 11.3 Å². The van der Waals surface area contributed by atoms with Crippen molar-refractivity contribution in [3.8, 4) is 0 Å². The third-order valence-corrected chi connectivity index (χ3v) is 7.70. The minimum absolute atomic E-state index is 0.146. The van der Waals surface area contributed by atoms with Crippen LogP contribution in [-0.4, -0.2) is 18.3 Å². The summed E-state index contributed by atoms with van der Waals surface area (Å²) in [6.07, 6.45) is 9.15. The van der Waals surface area contributed by atoms with Crippen molar-refractivity contribution in [2.24, 2.45) is 15.8 Å². The highest BCUT2D eigenvalue weighted by molar-refractivity contribution is 7.16. The van der Waals surface area contributed by atoms with Crippen molar-refractivity contribution in [1.29, 1.82) is 0 Å². The van der Waals surface area contributed by atoms with E-state index >= 15 is 0 Å². The lowest BCUT2D eigenvalue weighted by atomic mass is 9.76. The fourth-order valence-corrected chi connectivity index (χ4v) is 5.95. The van der Waals surface area contributed by atoms with E-state index in [1.54, 1.807) is 0 Å². The summed E-state index contributed by atoms with van der Waals surface area (Å²) < 4.78 is 0. The molecule has 2 aliphatic rings. The zero-order valence-corrected chi connectivity index (χ0v) is 21.8. The molecular formula is C27H37ClN2S. The molecule has 168 valence electrons. The van der Waals surface area contributed by atoms with Crippen LogP contribution in [0, 0.1) is 24.7 Å². The van der Waals surface area contributed by atoms with E-state index < -0.39 is 0 Å².